The first-order valence-electron chi connectivity index (χ1n) is 10.2. The predicted molar refractivity (Wildman–Crippen MR) is 127 cm³/mol. The van der Waals surface area contributed by atoms with E-state index < -0.39 is 11.6 Å². The minimum atomic E-state index is -0.415. The van der Waals surface area contributed by atoms with E-state index in [2.05, 4.69) is 17.2 Å². The summed E-state index contributed by atoms with van der Waals surface area (Å²) in [6.45, 7) is 0.437. The van der Waals surface area contributed by atoms with Crippen LogP contribution >= 0.6 is 0 Å². The maximum atomic E-state index is 12.0. The highest BCUT2D eigenvalue weighted by Gasteiger charge is 2.07. The first kappa shape index (κ1) is 21.7. The molecule has 6 nitrogen and oxygen atoms in total. The molecule has 33 heavy (non-hydrogen) atoms. The van der Waals surface area contributed by atoms with Gasteiger partial charge in [-0.05, 0) is 54.1 Å². The number of anilines is 1. The maximum Gasteiger partial charge on any atom is 0.337 e. The molecule has 6 heteroatoms. The zero-order valence-corrected chi connectivity index (χ0v) is 18.2. The first-order valence-corrected chi connectivity index (χ1v) is 10.2. The molecule has 0 bridgehead atoms. The molecule has 4 rings (SSSR count). The van der Waals surface area contributed by atoms with Crippen molar-refractivity contribution in [3.63, 3.8) is 0 Å². The van der Waals surface area contributed by atoms with Crippen molar-refractivity contribution in [3.8, 4) is 17.6 Å². The Kier molecular flexibility index (Phi) is 6.42. The summed E-state index contributed by atoms with van der Waals surface area (Å²) in [5.41, 5.74) is 3.73. The van der Waals surface area contributed by atoms with Crippen LogP contribution in [-0.4, -0.2) is 20.2 Å². The molecule has 1 aromatic heterocycles. The number of hydrogen-bond acceptors (Lipinski definition) is 6. The third-order valence-electron chi connectivity index (χ3n) is 5.02. The third kappa shape index (κ3) is 5.23. The summed E-state index contributed by atoms with van der Waals surface area (Å²) in [6.07, 6.45) is 0. The number of methoxy groups -OCH3 is 2. The second-order valence-electron chi connectivity index (χ2n) is 7.21. The maximum absolute atomic E-state index is 12.0. The molecule has 0 aliphatic carbocycles. The molecule has 0 atom stereocenters. The number of nitrogens with one attached hydrogen (secondary N) is 1. The van der Waals surface area contributed by atoms with E-state index in [1.807, 2.05) is 42.5 Å². The van der Waals surface area contributed by atoms with Crippen LogP contribution in [-0.2, 0) is 11.3 Å². The van der Waals surface area contributed by atoms with Gasteiger partial charge in [-0.25, -0.2) is 9.59 Å². The number of benzene rings is 3. The number of fused-ring (bicyclic) bond motifs is 1. The molecule has 0 spiro atoms. The monoisotopic (exact) mass is 439 g/mol. The highest BCUT2D eigenvalue weighted by Crippen LogP contribution is 2.23. The zero-order chi connectivity index (χ0) is 23.2. The summed E-state index contributed by atoms with van der Waals surface area (Å²) in [4.78, 5) is 23.7. The van der Waals surface area contributed by atoms with Gasteiger partial charge in [0.2, 0.25) is 0 Å². The average Bonchev–Trinajstić information content (AvgIpc) is 2.85. The highest BCUT2D eigenvalue weighted by molar-refractivity contribution is 5.89. The molecule has 0 saturated carbocycles. The number of carbonyl (C=O) groups is 1. The van der Waals surface area contributed by atoms with E-state index in [-0.39, 0.29) is 0 Å². The van der Waals surface area contributed by atoms with E-state index in [4.69, 9.17) is 13.9 Å². The van der Waals surface area contributed by atoms with E-state index in [0.717, 1.165) is 22.2 Å². The second-order valence-corrected chi connectivity index (χ2v) is 7.21. The van der Waals surface area contributed by atoms with Gasteiger partial charge in [0.1, 0.15) is 11.3 Å². The van der Waals surface area contributed by atoms with Crippen molar-refractivity contribution in [1.29, 1.82) is 0 Å². The summed E-state index contributed by atoms with van der Waals surface area (Å²) in [7, 11) is 2.91. The molecule has 0 fully saturated rings. The minimum absolute atomic E-state index is 0.397. The van der Waals surface area contributed by atoms with Gasteiger partial charge in [-0.2, -0.15) is 0 Å². The van der Waals surface area contributed by atoms with E-state index in [9.17, 15) is 9.59 Å². The van der Waals surface area contributed by atoms with Crippen LogP contribution in [0.3, 0.4) is 0 Å². The number of ether oxygens (including phenoxy) is 2. The molecule has 3 aromatic carbocycles. The van der Waals surface area contributed by atoms with Gasteiger partial charge in [0, 0.05) is 40.9 Å². The van der Waals surface area contributed by atoms with Crippen LogP contribution in [0.5, 0.6) is 5.75 Å². The minimum Gasteiger partial charge on any atom is -0.497 e. The van der Waals surface area contributed by atoms with Gasteiger partial charge >= 0.3 is 11.6 Å². The van der Waals surface area contributed by atoms with Gasteiger partial charge in [-0.15, -0.1) is 0 Å². The smallest absolute Gasteiger partial charge is 0.337 e. The van der Waals surface area contributed by atoms with Crippen molar-refractivity contribution in [2.45, 2.75) is 6.54 Å². The topological polar surface area (TPSA) is 77.8 Å². The van der Waals surface area contributed by atoms with Gasteiger partial charge in [-0.1, -0.05) is 24.0 Å². The fourth-order valence-corrected chi connectivity index (χ4v) is 3.37. The number of esters is 1. The lowest BCUT2D eigenvalue weighted by Crippen LogP contribution is -2.06. The molecule has 164 valence electrons. The molecule has 0 saturated heterocycles. The van der Waals surface area contributed by atoms with E-state index in [1.54, 1.807) is 31.4 Å². The summed E-state index contributed by atoms with van der Waals surface area (Å²) >= 11 is 0. The first-order chi connectivity index (χ1) is 16.1. The van der Waals surface area contributed by atoms with Crippen LogP contribution in [0.4, 0.5) is 5.69 Å². The van der Waals surface area contributed by atoms with Gasteiger partial charge in [0.05, 0.1) is 19.8 Å². The van der Waals surface area contributed by atoms with Crippen molar-refractivity contribution in [1.82, 2.24) is 0 Å². The molecule has 4 aromatic rings. The lowest BCUT2D eigenvalue weighted by atomic mass is 10.1. The fraction of sp³-hybridized carbons (Fsp3) is 0.111. The zero-order valence-electron chi connectivity index (χ0n) is 18.2. The van der Waals surface area contributed by atoms with Gasteiger partial charge in [0.15, 0.2) is 0 Å². The van der Waals surface area contributed by atoms with E-state index in [1.165, 1.54) is 13.2 Å². The van der Waals surface area contributed by atoms with Crippen molar-refractivity contribution in [2.24, 2.45) is 0 Å². The lowest BCUT2D eigenvalue weighted by molar-refractivity contribution is 0.0600. The van der Waals surface area contributed by atoms with E-state index in [0.29, 0.717) is 29.0 Å². The Balaban J connectivity index is 1.53. The molecule has 0 unspecified atom stereocenters. The normalized spacial score (nSPS) is 10.2. The Morgan fingerprint density at radius 2 is 1.70 bits per heavy atom. The summed E-state index contributed by atoms with van der Waals surface area (Å²) < 4.78 is 15.3. The van der Waals surface area contributed by atoms with Crippen LogP contribution < -0.4 is 15.7 Å². The summed E-state index contributed by atoms with van der Waals surface area (Å²) in [6, 6.07) is 21.5. The predicted octanol–water partition coefficient (Wildman–Crippen LogP) is 4.60. The van der Waals surface area contributed by atoms with Crippen LogP contribution in [0.2, 0.25) is 0 Å². The highest BCUT2D eigenvalue weighted by atomic mass is 16.5. The molecule has 0 aliphatic heterocycles. The fourth-order valence-electron chi connectivity index (χ4n) is 3.37. The molecule has 0 aliphatic rings. The van der Waals surface area contributed by atoms with Gasteiger partial charge < -0.3 is 19.2 Å². The Morgan fingerprint density at radius 3 is 2.45 bits per heavy atom. The Hall–Kier alpha value is -4.50. The van der Waals surface area contributed by atoms with Crippen molar-refractivity contribution in [2.75, 3.05) is 19.5 Å². The second kappa shape index (κ2) is 9.75. The average molecular weight is 439 g/mol. The number of carbonyl (C=O) groups excluding carboxylic acids is 1. The van der Waals surface area contributed by atoms with Crippen LogP contribution in [0.1, 0.15) is 27.0 Å². The summed E-state index contributed by atoms with van der Waals surface area (Å²) in [5, 5.41) is 4.18. The molecule has 1 heterocycles. The van der Waals surface area contributed by atoms with Gasteiger partial charge in [-0.3, -0.25) is 0 Å². The third-order valence-corrected chi connectivity index (χ3v) is 5.02. The Labute approximate surface area is 190 Å². The largest absolute Gasteiger partial charge is 0.497 e. The lowest BCUT2D eigenvalue weighted by Gasteiger charge is -2.10. The number of rotatable bonds is 5. The molecule has 0 amide bonds. The molecular formula is C27H21NO5. The van der Waals surface area contributed by atoms with Gasteiger partial charge in [0.25, 0.3) is 0 Å². The van der Waals surface area contributed by atoms with Crippen LogP contribution in [0.15, 0.2) is 82.0 Å². The Bertz CT molecular complexity index is 1440. The molecular weight excluding hydrogens is 418 g/mol. The molecule has 1 N–H and O–H groups in total. The molecule has 0 radical (unpaired) electrons. The summed E-state index contributed by atoms with van der Waals surface area (Å²) in [5.74, 6) is 6.41. The van der Waals surface area contributed by atoms with E-state index >= 15 is 0 Å². The van der Waals surface area contributed by atoms with Crippen molar-refractivity contribution < 1.29 is 18.7 Å². The quantitative estimate of drug-likeness (QED) is 0.278. The number of hydrogen-bond donors (Lipinski definition) is 1. The standard InChI is InChI=1S/C27H21NO5/c1-31-23-11-12-24-21(15-26(29)33-25(24)16-23)17-28-22-8-4-6-19(14-22)10-9-18-5-3-7-20(13-18)27(30)32-2/h3-8,11-16,28H,17H2,1-2H3. The SMILES string of the molecule is COC(=O)c1cccc(C#Cc2cccc(NCc3cc(=O)oc4cc(OC)ccc34)c2)c1. The Morgan fingerprint density at radius 1 is 0.939 bits per heavy atom. The van der Waals surface area contributed by atoms with Crippen molar-refractivity contribution >= 4 is 22.6 Å². The van der Waals surface area contributed by atoms with Crippen LogP contribution in [0, 0.1) is 11.8 Å². The van der Waals surface area contributed by atoms with Crippen molar-refractivity contribution in [3.05, 3.63) is 105 Å². The van der Waals surface area contributed by atoms with Crippen LogP contribution in [0.25, 0.3) is 11.0 Å².